The minimum Gasteiger partial charge on any atom is -0.384 e. The van der Waals surface area contributed by atoms with Gasteiger partial charge in [-0.2, -0.15) is 5.26 Å². The molecule has 0 bridgehead atoms. The smallest absolute Gasteiger partial charge is 0.219 e. The molecule has 0 unspecified atom stereocenters. The highest BCUT2D eigenvalue weighted by Crippen LogP contribution is 2.19. The maximum Gasteiger partial charge on any atom is 0.219 e. The number of amides is 1. The molecule has 0 aliphatic carbocycles. The fourth-order valence-electron chi connectivity index (χ4n) is 1.05. The van der Waals surface area contributed by atoms with Crippen molar-refractivity contribution in [2.45, 2.75) is 6.42 Å². The van der Waals surface area contributed by atoms with Crippen molar-refractivity contribution in [3.63, 3.8) is 0 Å². The van der Waals surface area contributed by atoms with Crippen LogP contribution in [-0.4, -0.2) is 12.5 Å². The predicted molar refractivity (Wildman–Crippen MR) is 58.5 cm³/mol. The lowest BCUT2D eigenvalue weighted by Crippen LogP contribution is -2.15. The Morgan fingerprint density at radius 2 is 2.33 bits per heavy atom. The molecule has 0 spiro atoms. The van der Waals surface area contributed by atoms with Crippen LogP contribution in [0, 0.1) is 11.3 Å². The van der Waals surface area contributed by atoms with E-state index in [-0.39, 0.29) is 12.3 Å². The van der Waals surface area contributed by atoms with Crippen molar-refractivity contribution >= 4 is 23.2 Å². The zero-order valence-electron chi connectivity index (χ0n) is 7.96. The summed E-state index contributed by atoms with van der Waals surface area (Å²) in [5, 5.41) is 12.0. The van der Waals surface area contributed by atoms with Gasteiger partial charge in [-0.3, -0.25) is 4.79 Å². The normalized spacial score (nSPS) is 9.33. The Balaban J connectivity index is 2.60. The first kappa shape index (κ1) is 11.3. The number of benzene rings is 1. The number of carbonyl (C=O) groups excluding carboxylic acids is 1. The summed E-state index contributed by atoms with van der Waals surface area (Å²) in [5.74, 6) is -0.359. The maximum absolute atomic E-state index is 10.5. The van der Waals surface area contributed by atoms with Crippen molar-refractivity contribution < 1.29 is 4.79 Å². The fourth-order valence-corrected chi connectivity index (χ4v) is 1.27. The van der Waals surface area contributed by atoms with Gasteiger partial charge in [0.15, 0.2) is 0 Å². The zero-order chi connectivity index (χ0) is 11.3. The minimum atomic E-state index is -0.359. The van der Waals surface area contributed by atoms with E-state index in [1.807, 2.05) is 6.07 Å². The van der Waals surface area contributed by atoms with Crippen LogP contribution < -0.4 is 11.1 Å². The first-order valence-corrected chi connectivity index (χ1v) is 4.73. The van der Waals surface area contributed by atoms with Crippen molar-refractivity contribution in [1.29, 1.82) is 5.26 Å². The molecule has 1 aromatic carbocycles. The Hall–Kier alpha value is -1.73. The second-order valence-electron chi connectivity index (χ2n) is 2.95. The van der Waals surface area contributed by atoms with Crippen LogP contribution >= 0.6 is 11.6 Å². The van der Waals surface area contributed by atoms with Crippen LogP contribution in [0.25, 0.3) is 0 Å². The molecule has 0 atom stereocenters. The Kier molecular flexibility index (Phi) is 3.95. The van der Waals surface area contributed by atoms with Gasteiger partial charge in [0.25, 0.3) is 0 Å². The molecule has 0 fully saturated rings. The molecular formula is C10H10ClN3O. The third-order valence-electron chi connectivity index (χ3n) is 1.79. The van der Waals surface area contributed by atoms with Gasteiger partial charge in [0.1, 0.15) is 6.07 Å². The molecule has 0 saturated heterocycles. The van der Waals surface area contributed by atoms with Crippen molar-refractivity contribution in [3.8, 4) is 6.07 Å². The van der Waals surface area contributed by atoms with E-state index in [2.05, 4.69) is 5.32 Å². The third kappa shape index (κ3) is 3.49. The number of anilines is 1. The van der Waals surface area contributed by atoms with Crippen LogP contribution in [-0.2, 0) is 4.79 Å². The van der Waals surface area contributed by atoms with Gasteiger partial charge in [-0.15, -0.1) is 0 Å². The van der Waals surface area contributed by atoms with E-state index in [9.17, 15) is 4.79 Å². The number of nitrogens with one attached hydrogen (secondary N) is 1. The third-order valence-corrected chi connectivity index (χ3v) is 2.10. The lowest BCUT2D eigenvalue weighted by molar-refractivity contribution is -0.117. The number of hydrogen-bond donors (Lipinski definition) is 2. The maximum atomic E-state index is 10.5. The summed E-state index contributed by atoms with van der Waals surface area (Å²) >= 11 is 5.82. The molecule has 3 N–H and O–H groups in total. The number of hydrogen-bond acceptors (Lipinski definition) is 3. The summed E-state index contributed by atoms with van der Waals surface area (Å²) < 4.78 is 0. The molecule has 0 saturated carbocycles. The Bertz CT molecular complexity index is 412. The number of halogens is 1. The molecule has 1 amide bonds. The second-order valence-corrected chi connectivity index (χ2v) is 3.36. The fraction of sp³-hybridized carbons (Fsp3) is 0.200. The Morgan fingerprint density at radius 1 is 1.60 bits per heavy atom. The van der Waals surface area contributed by atoms with Gasteiger partial charge in [0.2, 0.25) is 5.91 Å². The number of nitrogens with zero attached hydrogens (tertiary/aromatic N) is 1. The molecule has 15 heavy (non-hydrogen) atoms. The van der Waals surface area contributed by atoms with Crippen molar-refractivity contribution in [1.82, 2.24) is 0 Å². The first-order chi connectivity index (χ1) is 7.13. The van der Waals surface area contributed by atoms with E-state index in [0.717, 1.165) is 5.69 Å². The van der Waals surface area contributed by atoms with E-state index in [1.54, 1.807) is 18.2 Å². The van der Waals surface area contributed by atoms with Gasteiger partial charge in [-0.25, -0.2) is 0 Å². The lowest BCUT2D eigenvalue weighted by atomic mass is 10.2. The Labute approximate surface area is 92.6 Å². The van der Waals surface area contributed by atoms with Crippen LogP contribution in [0.2, 0.25) is 5.02 Å². The first-order valence-electron chi connectivity index (χ1n) is 4.35. The molecule has 78 valence electrons. The van der Waals surface area contributed by atoms with Gasteiger partial charge in [-0.05, 0) is 18.2 Å². The summed E-state index contributed by atoms with van der Waals surface area (Å²) in [6, 6.07) is 6.95. The molecule has 0 aromatic heterocycles. The monoisotopic (exact) mass is 223 g/mol. The van der Waals surface area contributed by atoms with E-state index in [0.29, 0.717) is 17.1 Å². The number of carbonyl (C=O) groups is 1. The van der Waals surface area contributed by atoms with Gasteiger partial charge in [0, 0.05) is 18.7 Å². The largest absolute Gasteiger partial charge is 0.384 e. The van der Waals surface area contributed by atoms with Crippen LogP contribution in [0.15, 0.2) is 18.2 Å². The highest BCUT2D eigenvalue weighted by molar-refractivity contribution is 6.32. The van der Waals surface area contributed by atoms with E-state index < -0.39 is 0 Å². The number of primary amides is 1. The number of nitrogens with two attached hydrogens (primary N) is 1. The quantitative estimate of drug-likeness (QED) is 0.812. The predicted octanol–water partition coefficient (Wildman–Crippen LogP) is 1.50. The lowest BCUT2D eigenvalue weighted by Gasteiger charge is -2.05. The Morgan fingerprint density at radius 3 is 2.87 bits per heavy atom. The molecule has 1 aromatic rings. The van der Waals surface area contributed by atoms with Gasteiger partial charge in [-0.1, -0.05) is 11.6 Å². The van der Waals surface area contributed by atoms with Crippen LogP contribution in [0.4, 0.5) is 5.69 Å². The van der Waals surface area contributed by atoms with Crippen molar-refractivity contribution in [3.05, 3.63) is 28.8 Å². The average Bonchev–Trinajstić information content (AvgIpc) is 2.17. The average molecular weight is 224 g/mol. The highest BCUT2D eigenvalue weighted by atomic mass is 35.5. The van der Waals surface area contributed by atoms with Crippen LogP contribution in [0.1, 0.15) is 12.0 Å². The molecule has 0 aliphatic rings. The molecule has 0 aliphatic heterocycles. The van der Waals surface area contributed by atoms with E-state index >= 15 is 0 Å². The van der Waals surface area contributed by atoms with Gasteiger partial charge < -0.3 is 11.1 Å². The van der Waals surface area contributed by atoms with Crippen molar-refractivity contribution in [2.24, 2.45) is 5.73 Å². The standard InChI is InChI=1S/C10H10ClN3O/c11-9-5-8(2-1-7(9)6-12)14-4-3-10(13)15/h1-2,5,14H,3-4H2,(H2,13,15). The summed E-state index contributed by atoms with van der Waals surface area (Å²) in [6.07, 6.45) is 0.262. The molecule has 5 heteroatoms. The van der Waals surface area contributed by atoms with Gasteiger partial charge >= 0.3 is 0 Å². The summed E-state index contributed by atoms with van der Waals surface area (Å²) in [4.78, 5) is 10.5. The highest BCUT2D eigenvalue weighted by Gasteiger charge is 2.00. The SMILES string of the molecule is N#Cc1ccc(NCCC(N)=O)cc1Cl. The summed E-state index contributed by atoms with van der Waals surface area (Å²) in [5.41, 5.74) is 6.18. The van der Waals surface area contributed by atoms with E-state index in [4.69, 9.17) is 22.6 Å². The molecular weight excluding hydrogens is 214 g/mol. The second kappa shape index (κ2) is 5.23. The van der Waals surface area contributed by atoms with Crippen LogP contribution in [0.5, 0.6) is 0 Å². The minimum absolute atomic E-state index is 0.262. The van der Waals surface area contributed by atoms with Gasteiger partial charge in [0.05, 0.1) is 10.6 Å². The molecule has 0 heterocycles. The number of rotatable bonds is 4. The topological polar surface area (TPSA) is 78.9 Å². The van der Waals surface area contributed by atoms with Crippen molar-refractivity contribution in [2.75, 3.05) is 11.9 Å². The van der Waals surface area contributed by atoms with E-state index in [1.165, 1.54) is 0 Å². The molecule has 1 rings (SSSR count). The summed E-state index contributed by atoms with van der Waals surface area (Å²) in [7, 11) is 0. The molecule has 4 nitrogen and oxygen atoms in total. The van der Waals surface area contributed by atoms with Crippen LogP contribution in [0.3, 0.4) is 0 Å². The number of nitriles is 1. The zero-order valence-corrected chi connectivity index (χ0v) is 8.71. The summed E-state index contributed by atoms with van der Waals surface area (Å²) in [6.45, 7) is 0.456. The molecule has 0 radical (unpaired) electrons.